The molecule has 6 heteroatoms. The first-order chi connectivity index (χ1) is 11.5. The van der Waals surface area contributed by atoms with Gasteiger partial charge in [0.25, 0.3) is 0 Å². The Bertz CT molecular complexity index is 602. The van der Waals surface area contributed by atoms with Crippen molar-refractivity contribution in [2.24, 2.45) is 0 Å². The van der Waals surface area contributed by atoms with Crippen LogP contribution >= 0.6 is 0 Å². The summed E-state index contributed by atoms with van der Waals surface area (Å²) in [4.78, 5) is 18.0. The predicted molar refractivity (Wildman–Crippen MR) is 90.7 cm³/mol. The molecule has 0 aromatic heterocycles. The van der Waals surface area contributed by atoms with Gasteiger partial charge in [-0.25, -0.2) is 9.18 Å². The van der Waals surface area contributed by atoms with Gasteiger partial charge in [-0.2, -0.15) is 0 Å². The Morgan fingerprint density at radius 2 is 1.92 bits per heavy atom. The van der Waals surface area contributed by atoms with Crippen LogP contribution in [0.3, 0.4) is 0 Å². The lowest BCUT2D eigenvalue weighted by Crippen LogP contribution is -2.53. The zero-order valence-corrected chi connectivity index (χ0v) is 14.4. The molecule has 0 spiro atoms. The van der Waals surface area contributed by atoms with Gasteiger partial charge < -0.3 is 14.9 Å². The van der Waals surface area contributed by atoms with Crippen LogP contribution in [0.5, 0.6) is 0 Å². The van der Waals surface area contributed by atoms with Gasteiger partial charge in [0.05, 0.1) is 6.04 Å². The zero-order valence-electron chi connectivity index (χ0n) is 14.4. The van der Waals surface area contributed by atoms with Crippen molar-refractivity contribution in [1.29, 1.82) is 0 Å². The van der Waals surface area contributed by atoms with E-state index in [4.69, 9.17) is 0 Å². The fraction of sp³-hybridized carbons (Fsp3) is 0.611. The number of halogens is 1. The lowest BCUT2D eigenvalue weighted by atomic mass is 9.88. The Morgan fingerprint density at radius 1 is 1.21 bits per heavy atom. The number of piperazine rings is 1. The van der Waals surface area contributed by atoms with Crippen molar-refractivity contribution in [3.8, 4) is 0 Å². The van der Waals surface area contributed by atoms with Gasteiger partial charge in [-0.05, 0) is 50.1 Å². The molecular formula is C18H26FN3O2. The third kappa shape index (κ3) is 3.54. The summed E-state index contributed by atoms with van der Waals surface area (Å²) in [5.41, 5.74) is 1.75. The number of nitrogens with zero attached hydrogens (tertiary/aromatic N) is 3. The number of likely N-dealkylation sites (N-methyl/N-ethyl adjacent to an activating group) is 1. The van der Waals surface area contributed by atoms with Gasteiger partial charge in [-0.1, -0.05) is 6.07 Å². The zero-order chi connectivity index (χ0) is 17.3. The number of hydrogen-bond donors (Lipinski definition) is 1. The van der Waals surface area contributed by atoms with Gasteiger partial charge in [0.2, 0.25) is 0 Å². The molecule has 1 aromatic rings. The Hall–Kier alpha value is -1.66. The Morgan fingerprint density at radius 3 is 2.54 bits per heavy atom. The van der Waals surface area contributed by atoms with Gasteiger partial charge in [0.1, 0.15) is 5.82 Å². The predicted octanol–water partition coefficient (Wildman–Crippen LogP) is 2.57. The topological polar surface area (TPSA) is 47.0 Å². The molecule has 2 fully saturated rings. The van der Waals surface area contributed by atoms with E-state index >= 15 is 0 Å². The summed E-state index contributed by atoms with van der Waals surface area (Å²) in [7, 11) is 2.13. The SMILES string of the molecule is Cc1cc(F)ccc1C1CC(N2CCN(C)CC2)CCN1C(=O)O. The highest BCUT2D eigenvalue weighted by Gasteiger charge is 2.36. The van der Waals surface area contributed by atoms with Crippen LogP contribution in [-0.2, 0) is 0 Å². The summed E-state index contributed by atoms with van der Waals surface area (Å²) in [6.45, 7) is 6.57. The molecule has 1 amide bonds. The van der Waals surface area contributed by atoms with Crippen LogP contribution in [0, 0.1) is 12.7 Å². The summed E-state index contributed by atoms with van der Waals surface area (Å²) >= 11 is 0. The lowest BCUT2D eigenvalue weighted by molar-refractivity contribution is 0.0403. The van der Waals surface area contributed by atoms with Crippen molar-refractivity contribution in [2.75, 3.05) is 39.8 Å². The van der Waals surface area contributed by atoms with Gasteiger partial charge in [0.15, 0.2) is 0 Å². The lowest BCUT2D eigenvalue weighted by Gasteiger charge is -2.45. The molecule has 2 atom stereocenters. The fourth-order valence-corrected chi connectivity index (χ4v) is 4.00. The molecular weight excluding hydrogens is 309 g/mol. The minimum atomic E-state index is -0.888. The fourth-order valence-electron chi connectivity index (χ4n) is 4.00. The highest BCUT2D eigenvalue weighted by Crippen LogP contribution is 2.35. The second-order valence-corrected chi connectivity index (χ2v) is 7.01. The molecule has 2 heterocycles. The molecule has 2 saturated heterocycles. The van der Waals surface area contributed by atoms with E-state index < -0.39 is 6.09 Å². The van der Waals surface area contributed by atoms with Crippen LogP contribution < -0.4 is 0 Å². The van der Waals surface area contributed by atoms with Crippen LogP contribution in [0.2, 0.25) is 0 Å². The average molecular weight is 335 g/mol. The van der Waals surface area contributed by atoms with E-state index in [9.17, 15) is 14.3 Å². The van der Waals surface area contributed by atoms with E-state index in [-0.39, 0.29) is 11.9 Å². The highest BCUT2D eigenvalue weighted by molar-refractivity contribution is 5.66. The number of carboxylic acid groups (broad SMARTS) is 1. The molecule has 1 aromatic carbocycles. The molecule has 2 unspecified atom stereocenters. The first kappa shape index (κ1) is 17.2. The summed E-state index contributed by atoms with van der Waals surface area (Å²) < 4.78 is 13.4. The molecule has 0 saturated carbocycles. The summed E-state index contributed by atoms with van der Waals surface area (Å²) in [5.74, 6) is -0.274. The number of benzene rings is 1. The van der Waals surface area contributed by atoms with Crippen molar-refractivity contribution in [3.05, 3.63) is 35.1 Å². The summed E-state index contributed by atoms with van der Waals surface area (Å²) in [6.07, 6.45) is 0.760. The molecule has 24 heavy (non-hydrogen) atoms. The maximum absolute atomic E-state index is 13.4. The quantitative estimate of drug-likeness (QED) is 0.902. The van der Waals surface area contributed by atoms with E-state index in [0.29, 0.717) is 12.6 Å². The van der Waals surface area contributed by atoms with Crippen LogP contribution in [0.15, 0.2) is 18.2 Å². The van der Waals surface area contributed by atoms with E-state index in [1.54, 1.807) is 6.07 Å². The van der Waals surface area contributed by atoms with E-state index in [2.05, 4.69) is 16.8 Å². The Balaban J connectivity index is 1.81. The van der Waals surface area contributed by atoms with E-state index in [0.717, 1.165) is 50.1 Å². The first-order valence-electron chi connectivity index (χ1n) is 8.64. The summed E-state index contributed by atoms with van der Waals surface area (Å²) in [5, 5.41) is 9.58. The third-order valence-electron chi connectivity index (χ3n) is 5.47. The van der Waals surface area contributed by atoms with E-state index in [1.165, 1.54) is 17.0 Å². The number of rotatable bonds is 2. The van der Waals surface area contributed by atoms with Gasteiger partial charge in [0, 0.05) is 38.8 Å². The summed E-state index contributed by atoms with van der Waals surface area (Å²) in [6, 6.07) is 4.87. The number of likely N-dealkylation sites (tertiary alicyclic amines) is 1. The minimum absolute atomic E-state index is 0.193. The molecule has 2 aliphatic heterocycles. The van der Waals surface area contributed by atoms with Crippen molar-refractivity contribution in [1.82, 2.24) is 14.7 Å². The van der Waals surface area contributed by atoms with Crippen molar-refractivity contribution >= 4 is 6.09 Å². The number of amides is 1. The van der Waals surface area contributed by atoms with Gasteiger partial charge in [-0.3, -0.25) is 4.90 Å². The molecule has 132 valence electrons. The molecule has 5 nitrogen and oxygen atoms in total. The van der Waals surface area contributed by atoms with Crippen LogP contribution in [0.4, 0.5) is 9.18 Å². The average Bonchev–Trinajstić information content (AvgIpc) is 2.55. The van der Waals surface area contributed by atoms with E-state index in [1.807, 2.05) is 6.92 Å². The molecule has 2 aliphatic rings. The molecule has 3 rings (SSSR count). The molecule has 0 aliphatic carbocycles. The first-order valence-corrected chi connectivity index (χ1v) is 8.64. The minimum Gasteiger partial charge on any atom is -0.465 e. The number of carbonyl (C=O) groups is 1. The van der Waals surface area contributed by atoms with Gasteiger partial charge >= 0.3 is 6.09 Å². The second-order valence-electron chi connectivity index (χ2n) is 7.01. The Labute approximate surface area is 142 Å². The second kappa shape index (κ2) is 7.07. The maximum atomic E-state index is 13.4. The van der Waals surface area contributed by atoms with Crippen molar-refractivity contribution in [2.45, 2.75) is 31.8 Å². The highest BCUT2D eigenvalue weighted by atomic mass is 19.1. The standard InChI is InChI=1S/C18H26FN3O2/c1-13-11-14(19)3-4-16(13)17-12-15(5-6-22(17)18(23)24)21-9-7-20(2)8-10-21/h3-4,11,15,17H,5-10,12H2,1-2H3,(H,23,24). The van der Waals surface area contributed by atoms with Crippen LogP contribution in [-0.4, -0.2) is 71.7 Å². The number of hydrogen-bond acceptors (Lipinski definition) is 3. The molecule has 0 radical (unpaired) electrons. The molecule has 0 bridgehead atoms. The van der Waals surface area contributed by atoms with Gasteiger partial charge in [-0.15, -0.1) is 0 Å². The van der Waals surface area contributed by atoms with Crippen molar-refractivity contribution < 1.29 is 14.3 Å². The maximum Gasteiger partial charge on any atom is 0.407 e. The number of piperidine rings is 1. The third-order valence-corrected chi connectivity index (χ3v) is 5.47. The van der Waals surface area contributed by atoms with Crippen LogP contribution in [0.25, 0.3) is 0 Å². The molecule has 1 N–H and O–H groups in total. The smallest absolute Gasteiger partial charge is 0.407 e. The normalized spacial score (nSPS) is 26.5. The largest absolute Gasteiger partial charge is 0.465 e. The Kier molecular flexibility index (Phi) is 5.06. The monoisotopic (exact) mass is 335 g/mol. The van der Waals surface area contributed by atoms with Crippen LogP contribution in [0.1, 0.15) is 30.0 Å². The number of aryl methyl sites for hydroxylation is 1. The van der Waals surface area contributed by atoms with Crippen molar-refractivity contribution in [3.63, 3.8) is 0 Å².